The molecule has 0 saturated heterocycles. The molecule has 6 rings (SSSR count). The average Bonchev–Trinajstić information content (AvgIpc) is 3.38. The number of methoxy groups -OCH3 is 3. The van der Waals surface area contributed by atoms with E-state index in [0.29, 0.717) is 0 Å². The molecule has 5 aromatic rings. The molecule has 0 atom stereocenters. The van der Waals surface area contributed by atoms with E-state index in [1.165, 1.54) is 22.3 Å². The number of hydrogen-bond acceptors (Lipinski definition) is 3. The van der Waals surface area contributed by atoms with Crippen LogP contribution in [-0.2, 0) is 6.42 Å². The second-order valence-corrected chi connectivity index (χ2v) is 9.47. The predicted molar refractivity (Wildman–Crippen MR) is 158 cm³/mol. The number of benzene rings is 5. The first-order valence-electron chi connectivity index (χ1n) is 12.9. The van der Waals surface area contributed by atoms with Crippen LogP contribution < -0.4 is 14.2 Å². The van der Waals surface area contributed by atoms with Gasteiger partial charge in [0.1, 0.15) is 17.2 Å². The molecule has 190 valence electrons. The predicted octanol–water partition coefficient (Wildman–Crippen LogP) is 8.02. The molecule has 1 aliphatic rings. The summed E-state index contributed by atoms with van der Waals surface area (Å²) in [5.41, 5.74) is 11.6. The average molecular weight is 509 g/mol. The Morgan fingerprint density at radius 3 is 1.72 bits per heavy atom. The summed E-state index contributed by atoms with van der Waals surface area (Å²) >= 11 is 0. The maximum Gasteiger partial charge on any atom is 0.118 e. The normalized spacial score (nSPS) is 11.2. The van der Waals surface area contributed by atoms with Crippen LogP contribution >= 0.6 is 0 Å². The summed E-state index contributed by atoms with van der Waals surface area (Å²) in [5.74, 6) is 9.53. The molecule has 0 aromatic heterocycles. The van der Waals surface area contributed by atoms with Gasteiger partial charge >= 0.3 is 0 Å². The van der Waals surface area contributed by atoms with E-state index < -0.39 is 0 Å². The maximum atomic E-state index is 5.46. The third kappa shape index (κ3) is 4.62. The molecule has 5 aromatic carbocycles. The Balaban J connectivity index is 1.64. The first kappa shape index (κ1) is 24.4. The van der Waals surface area contributed by atoms with E-state index in [-0.39, 0.29) is 0 Å². The highest BCUT2D eigenvalue weighted by Gasteiger charge is 2.26. The zero-order chi connectivity index (χ0) is 26.8. The number of ether oxygens (including phenoxy) is 3. The topological polar surface area (TPSA) is 27.7 Å². The smallest absolute Gasteiger partial charge is 0.118 e. The van der Waals surface area contributed by atoms with Crippen LogP contribution in [0.3, 0.4) is 0 Å². The minimum atomic E-state index is 0.817. The zero-order valence-corrected chi connectivity index (χ0v) is 22.2. The molecule has 0 bridgehead atoms. The molecular weight excluding hydrogens is 480 g/mol. The molecule has 0 spiro atoms. The van der Waals surface area contributed by atoms with Gasteiger partial charge in [0.15, 0.2) is 0 Å². The van der Waals surface area contributed by atoms with Crippen LogP contribution in [0.1, 0.15) is 22.3 Å². The molecular formula is C36H28O3. The molecule has 0 saturated carbocycles. The lowest BCUT2D eigenvalue weighted by atomic mass is 9.85. The first-order chi connectivity index (χ1) is 19.2. The van der Waals surface area contributed by atoms with Crippen molar-refractivity contribution < 1.29 is 14.2 Å². The molecule has 0 radical (unpaired) electrons. The summed E-state index contributed by atoms with van der Waals surface area (Å²) in [5, 5.41) is 0. The zero-order valence-electron chi connectivity index (χ0n) is 22.2. The van der Waals surface area contributed by atoms with Crippen LogP contribution in [0.5, 0.6) is 17.2 Å². The minimum absolute atomic E-state index is 0.817. The van der Waals surface area contributed by atoms with Gasteiger partial charge in [0, 0.05) is 16.7 Å². The van der Waals surface area contributed by atoms with Crippen LogP contribution in [0, 0.1) is 11.8 Å². The fraction of sp³-hybridized carbons (Fsp3) is 0.111. The summed E-state index contributed by atoms with van der Waals surface area (Å²) in [4.78, 5) is 0. The second kappa shape index (κ2) is 10.4. The van der Waals surface area contributed by atoms with Gasteiger partial charge in [-0.15, -0.1) is 0 Å². The van der Waals surface area contributed by atoms with Crippen molar-refractivity contribution >= 4 is 0 Å². The monoisotopic (exact) mass is 508 g/mol. The van der Waals surface area contributed by atoms with Crippen molar-refractivity contribution in [3.05, 3.63) is 125 Å². The van der Waals surface area contributed by atoms with Crippen LogP contribution in [0.2, 0.25) is 0 Å². The van der Waals surface area contributed by atoms with Crippen LogP contribution in [0.25, 0.3) is 33.4 Å². The minimum Gasteiger partial charge on any atom is -0.497 e. The SMILES string of the molecule is COc1ccc(C#Cc2c3c(cc(-c4ccc(OC)cc4)c2-c2ccc(OC)cc2)-c2ccccc2C3)cc1. The van der Waals surface area contributed by atoms with E-state index >= 15 is 0 Å². The second-order valence-electron chi connectivity index (χ2n) is 9.47. The van der Waals surface area contributed by atoms with E-state index in [9.17, 15) is 0 Å². The van der Waals surface area contributed by atoms with Gasteiger partial charge in [0.2, 0.25) is 0 Å². The van der Waals surface area contributed by atoms with Gasteiger partial charge in [-0.25, -0.2) is 0 Å². The largest absolute Gasteiger partial charge is 0.497 e. The number of rotatable bonds is 5. The van der Waals surface area contributed by atoms with Crippen LogP contribution in [-0.4, -0.2) is 21.3 Å². The van der Waals surface area contributed by atoms with Crippen molar-refractivity contribution in [3.8, 4) is 62.5 Å². The Morgan fingerprint density at radius 2 is 1.10 bits per heavy atom. The van der Waals surface area contributed by atoms with E-state index in [1.54, 1.807) is 21.3 Å². The van der Waals surface area contributed by atoms with Gasteiger partial charge < -0.3 is 14.2 Å². The highest BCUT2D eigenvalue weighted by molar-refractivity contribution is 5.95. The van der Waals surface area contributed by atoms with Crippen molar-refractivity contribution in [1.82, 2.24) is 0 Å². The molecule has 1 aliphatic carbocycles. The van der Waals surface area contributed by atoms with Crippen molar-refractivity contribution in [1.29, 1.82) is 0 Å². The van der Waals surface area contributed by atoms with Gasteiger partial charge in [0.25, 0.3) is 0 Å². The number of fused-ring (bicyclic) bond motifs is 3. The van der Waals surface area contributed by atoms with E-state index in [0.717, 1.165) is 57.1 Å². The van der Waals surface area contributed by atoms with E-state index in [1.807, 2.05) is 48.5 Å². The highest BCUT2D eigenvalue weighted by Crippen LogP contribution is 2.46. The quantitative estimate of drug-likeness (QED) is 0.221. The van der Waals surface area contributed by atoms with Crippen LogP contribution in [0.4, 0.5) is 0 Å². The highest BCUT2D eigenvalue weighted by atomic mass is 16.5. The molecule has 3 heteroatoms. The van der Waals surface area contributed by atoms with Crippen molar-refractivity contribution in [2.45, 2.75) is 6.42 Å². The Bertz CT molecular complexity index is 1700. The first-order valence-corrected chi connectivity index (χ1v) is 12.9. The van der Waals surface area contributed by atoms with Crippen molar-refractivity contribution in [3.63, 3.8) is 0 Å². The lowest BCUT2D eigenvalue weighted by molar-refractivity contribution is 0.414. The van der Waals surface area contributed by atoms with Crippen LogP contribution in [0.15, 0.2) is 103 Å². The molecule has 0 unspecified atom stereocenters. The molecule has 39 heavy (non-hydrogen) atoms. The maximum absolute atomic E-state index is 5.46. The Hall–Kier alpha value is -4.94. The Morgan fingerprint density at radius 1 is 0.538 bits per heavy atom. The Kier molecular flexibility index (Phi) is 6.53. The molecule has 3 nitrogen and oxygen atoms in total. The summed E-state index contributed by atoms with van der Waals surface area (Å²) < 4.78 is 16.3. The fourth-order valence-corrected chi connectivity index (χ4v) is 5.28. The van der Waals surface area contributed by atoms with Gasteiger partial charge in [0.05, 0.1) is 21.3 Å². The lowest BCUT2D eigenvalue weighted by Crippen LogP contribution is -1.97. The van der Waals surface area contributed by atoms with Gasteiger partial charge in [-0.3, -0.25) is 0 Å². The third-order valence-corrected chi connectivity index (χ3v) is 7.31. The summed E-state index contributed by atoms with van der Waals surface area (Å²) in [7, 11) is 5.06. The van der Waals surface area contributed by atoms with Gasteiger partial charge in [-0.1, -0.05) is 60.4 Å². The lowest BCUT2D eigenvalue weighted by Gasteiger charge is -2.18. The third-order valence-electron chi connectivity index (χ3n) is 7.31. The molecule has 0 amide bonds. The standard InChI is InChI=1S/C36H28O3/c1-37-28-15-8-24(9-16-28)10-21-32-34-22-27-6-4-5-7-31(27)35(34)23-33(25-11-17-29(38-2)18-12-25)36(32)26-13-19-30(39-3)20-14-26/h4-9,11-20,23H,22H2,1-3H3. The van der Waals surface area contributed by atoms with Crippen molar-refractivity contribution in [2.24, 2.45) is 0 Å². The van der Waals surface area contributed by atoms with Gasteiger partial charge in [-0.05, 0) is 100.0 Å². The van der Waals surface area contributed by atoms with Gasteiger partial charge in [-0.2, -0.15) is 0 Å². The van der Waals surface area contributed by atoms with Crippen molar-refractivity contribution in [2.75, 3.05) is 21.3 Å². The summed E-state index contributed by atoms with van der Waals surface area (Å²) in [6.45, 7) is 0. The van der Waals surface area contributed by atoms with E-state index in [2.05, 4.69) is 66.4 Å². The molecule has 0 N–H and O–H groups in total. The number of hydrogen-bond donors (Lipinski definition) is 0. The van der Waals surface area contributed by atoms with E-state index in [4.69, 9.17) is 14.2 Å². The Labute approximate surface area is 229 Å². The molecule has 0 aliphatic heterocycles. The fourth-order valence-electron chi connectivity index (χ4n) is 5.28. The molecule has 0 heterocycles. The summed E-state index contributed by atoms with van der Waals surface area (Å²) in [6.07, 6.45) is 0.851. The molecule has 0 fully saturated rings. The summed E-state index contributed by atoms with van der Waals surface area (Å²) in [6, 6.07) is 35.4.